The van der Waals surface area contributed by atoms with Gasteiger partial charge in [-0.2, -0.15) is 0 Å². The Balaban J connectivity index is 2.43. The lowest BCUT2D eigenvalue weighted by atomic mass is 10.1. The Morgan fingerprint density at radius 3 is 2.90 bits per heavy atom. The summed E-state index contributed by atoms with van der Waals surface area (Å²) in [5.74, 6) is 0.302. The van der Waals surface area contributed by atoms with Gasteiger partial charge < -0.3 is 14.6 Å². The minimum absolute atomic E-state index is 0.0780. The van der Waals surface area contributed by atoms with Crippen LogP contribution in [-0.4, -0.2) is 24.1 Å². The first-order chi connectivity index (χ1) is 9.67. The van der Waals surface area contributed by atoms with Crippen molar-refractivity contribution >= 4 is 16.7 Å². The maximum absolute atomic E-state index is 12.2. The highest BCUT2D eigenvalue weighted by atomic mass is 16.5. The summed E-state index contributed by atoms with van der Waals surface area (Å²) in [6.45, 7) is 4.00. The van der Waals surface area contributed by atoms with Gasteiger partial charge in [-0.3, -0.25) is 9.59 Å². The van der Waals surface area contributed by atoms with Crippen LogP contribution in [0.15, 0.2) is 47.9 Å². The summed E-state index contributed by atoms with van der Waals surface area (Å²) < 4.78 is 7.01. The summed E-state index contributed by atoms with van der Waals surface area (Å²) in [5.41, 5.74) is -0.104. The molecule has 0 saturated heterocycles. The average Bonchev–Trinajstić information content (AvgIpc) is 2.48. The van der Waals surface area contributed by atoms with Crippen molar-refractivity contribution in [2.45, 2.75) is 6.54 Å². The molecule has 1 N–H and O–H groups in total. The normalized spacial score (nSPS) is 10.2. The molecule has 0 fully saturated rings. The van der Waals surface area contributed by atoms with Gasteiger partial charge in [0.15, 0.2) is 6.61 Å². The van der Waals surface area contributed by atoms with Crippen LogP contribution in [0.4, 0.5) is 0 Å². The number of hydrogen-bond donors (Lipinski definition) is 1. The molecule has 0 saturated carbocycles. The van der Waals surface area contributed by atoms with Crippen LogP contribution in [-0.2, 0) is 11.3 Å². The van der Waals surface area contributed by atoms with Crippen molar-refractivity contribution in [3.8, 4) is 5.75 Å². The average molecular weight is 272 g/mol. The molecule has 0 bridgehead atoms. The zero-order chi connectivity index (χ0) is 14.5. The molecule has 0 aliphatic carbocycles. The van der Waals surface area contributed by atoms with E-state index in [1.807, 2.05) is 0 Å². The Hall–Kier alpha value is -2.56. The molecule has 1 amide bonds. The third-order valence-corrected chi connectivity index (χ3v) is 2.94. The number of carbonyl (C=O) groups excluding carboxylic acids is 1. The molecule has 2 aromatic rings. The van der Waals surface area contributed by atoms with Crippen molar-refractivity contribution in [1.82, 2.24) is 9.88 Å². The number of ether oxygens (including phenoxy) is 1. The first kappa shape index (κ1) is 13.9. The number of fused-ring (bicyclic) bond motifs is 1. The maximum Gasteiger partial charge on any atom is 0.258 e. The number of pyridine rings is 1. The molecule has 5 nitrogen and oxygen atoms in total. The zero-order valence-corrected chi connectivity index (χ0v) is 11.3. The molecule has 1 aromatic carbocycles. The summed E-state index contributed by atoms with van der Waals surface area (Å²) in [5, 5.41) is 3.73. The number of hydrogen-bond acceptors (Lipinski definition) is 3. The molecule has 0 unspecified atom stereocenters. The summed E-state index contributed by atoms with van der Waals surface area (Å²) in [7, 11) is 1.54. The molecule has 20 heavy (non-hydrogen) atoms. The lowest BCUT2D eigenvalue weighted by Gasteiger charge is -2.10. The Morgan fingerprint density at radius 2 is 2.20 bits per heavy atom. The molecule has 1 heterocycles. The number of nitrogens with zero attached hydrogens (tertiary/aromatic N) is 1. The molecule has 0 radical (unpaired) electrons. The van der Waals surface area contributed by atoms with Gasteiger partial charge in [0.25, 0.3) is 11.5 Å². The molecule has 0 aliphatic rings. The topological polar surface area (TPSA) is 60.3 Å². The van der Waals surface area contributed by atoms with Crippen LogP contribution in [0.1, 0.15) is 0 Å². The van der Waals surface area contributed by atoms with E-state index in [1.165, 1.54) is 0 Å². The van der Waals surface area contributed by atoms with E-state index in [1.54, 1.807) is 48.2 Å². The fraction of sp³-hybridized carbons (Fsp3) is 0.200. The Morgan fingerprint density at radius 1 is 1.40 bits per heavy atom. The molecule has 0 spiro atoms. The fourth-order valence-electron chi connectivity index (χ4n) is 1.91. The van der Waals surface area contributed by atoms with Crippen LogP contribution < -0.4 is 15.6 Å². The van der Waals surface area contributed by atoms with Gasteiger partial charge in [0.1, 0.15) is 5.75 Å². The number of nitrogens with one attached hydrogen (secondary N) is 1. The van der Waals surface area contributed by atoms with Crippen LogP contribution in [0.25, 0.3) is 10.8 Å². The van der Waals surface area contributed by atoms with E-state index in [0.717, 1.165) is 0 Å². The standard InChI is InChI=1S/C15H16N2O3/c1-3-8-17-9-7-11-12(15(17)19)5-4-6-13(11)20-10-14(18)16-2/h3-7,9H,1,8,10H2,2H3,(H,16,18). The van der Waals surface area contributed by atoms with Gasteiger partial charge in [0, 0.05) is 25.2 Å². The highest BCUT2D eigenvalue weighted by Gasteiger charge is 2.08. The van der Waals surface area contributed by atoms with E-state index in [0.29, 0.717) is 23.1 Å². The molecule has 0 aliphatic heterocycles. The molecular formula is C15H16N2O3. The lowest BCUT2D eigenvalue weighted by molar-refractivity contribution is -0.122. The fourth-order valence-corrected chi connectivity index (χ4v) is 1.91. The second-order valence-corrected chi connectivity index (χ2v) is 4.24. The van der Waals surface area contributed by atoms with Crippen LogP contribution in [0.2, 0.25) is 0 Å². The predicted octanol–water partition coefficient (Wildman–Crippen LogP) is 1.31. The molecule has 104 valence electrons. The number of benzene rings is 1. The van der Waals surface area contributed by atoms with Gasteiger partial charge >= 0.3 is 0 Å². The van der Waals surface area contributed by atoms with E-state index >= 15 is 0 Å². The second-order valence-electron chi connectivity index (χ2n) is 4.24. The minimum atomic E-state index is -0.220. The minimum Gasteiger partial charge on any atom is -0.483 e. The zero-order valence-electron chi connectivity index (χ0n) is 11.3. The number of amides is 1. The first-order valence-corrected chi connectivity index (χ1v) is 6.24. The van der Waals surface area contributed by atoms with E-state index < -0.39 is 0 Å². The van der Waals surface area contributed by atoms with Crippen LogP contribution in [0.5, 0.6) is 5.75 Å². The first-order valence-electron chi connectivity index (χ1n) is 6.24. The molecule has 1 aromatic heterocycles. The van der Waals surface area contributed by atoms with Gasteiger partial charge in [0.2, 0.25) is 0 Å². The summed E-state index contributed by atoms with van der Waals surface area (Å²) in [6, 6.07) is 7.02. The van der Waals surface area contributed by atoms with Gasteiger partial charge in [0.05, 0.1) is 5.39 Å². The molecule has 2 rings (SSSR count). The third-order valence-electron chi connectivity index (χ3n) is 2.94. The quantitative estimate of drug-likeness (QED) is 0.835. The number of allylic oxidation sites excluding steroid dienone is 1. The van der Waals surface area contributed by atoms with E-state index in [-0.39, 0.29) is 18.1 Å². The largest absolute Gasteiger partial charge is 0.483 e. The number of carbonyl (C=O) groups is 1. The number of aromatic nitrogens is 1. The van der Waals surface area contributed by atoms with Crippen molar-refractivity contribution in [1.29, 1.82) is 0 Å². The SMILES string of the molecule is C=CCn1ccc2c(OCC(=O)NC)cccc2c1=O. The number of likely N-dealkylation sites (N-methyl/N-ethyl adjacent to an activating group) is 1. The molecular weight excluding hydrogens is 256 g/mol. The van der Waals surface area contributed by atoms with Crippen LogP contribution in [0.3, 0.4) is 0 Å². The van der Waals surface area contributed by atoms with Gasteiger partial charge in [-0.05, 0) is 18.2 Å². The smallest absolute Gasteiger partial charge is 0.258 e. The monoisotopic (exact) mass is 272 g/mol. The Labute approximate surface area is 116 Å². The summed E-state index contributed by atoms with van der Waals surface area (Å²) in [4.78, 5) is 23.5. The summed E-state index contributed by atoms with van der Waals surface area (Å²) in [6.07, 6.45) is 3.36. The lowest BCUT2D eigenvalue weighted by Crippen LogP contribution is -2.25. The van der Waals surface area contributed by atoms with Crippen LogP contribution >= 0.6 is 0 Å². The van der Waals surface area contributed by atoms with Gasteiger partial charge in [-0.15, -0.1) is 6.58 Å². The number of rotatable bonds is 5. The van der Waals surface area contributed by atoms with Gasteiger partial charge in [-0.25, -0.2) is 0 Å². The third kappa shape index (κ3) is 2.71. The Kier molecular flexibility index (Phi) is 4.20. The van der Waals surface area contributed by atoms with Crippen molar-refractivity contribution in [3.63, 3.8) is 0 Å². The van der Waals surface area contributed by atoms with Gasteiger partial charge in [-0.1, -0.05) is 12.1 Å². The second kappa shape index (κ2) is 6.06. The Bertz CT molecular complexity index is 704. The van der Waals surface area contributed by atoms with E-state index in [4.69, 9.17) is 4.74 Å². The van der Waals surface area contributed by atoms with Crippen molar-refractivity contribution in [3.05, 3.63) is 53.5 Å². The van der Waals surface area contributed by atoms with Crippen LogP contribution in [0, 0.1) is 0 Å². The van der Waals surface area contributed by atoms with Crippen molar-refractivity contribution in [2.75, 3.05) is 13.7 Å². The van der Waals surface area contributed by atoms with E-state index in [2.05, 4.69) is 11.9 Å². The maximum atomic E-state index is 12.2. The predicted molar refractivity (Wildman–Crippen MR) is 78.0 cm³/mol. The highest BCUT2D eigenvalue weighted by Crippen LogP contribution is 2.22. The molecule has 0 atom stereocenters. The van der Waals surface area contributed by atoms with E-state index in [9.17, 15) is 9.59 Å². The van der Waals surface area contributed by atoms with Crippen molar-refractivity contribution < 1.29 is 9.53 Å². The summed E-state index contributed by atoms with van der Waals surface area (Å²) >= 11 is 0. The highest BCUT2D eigenvalue weighted by molar-refractivity contribution is 5.88. The van der Waals surface area contributed by atoms with Crippen molar-refractivity contribution in [2.24, 2.45) is 0 Å². The molecule has 5 heteroatoms.